The Balaban J connectivity index is 2.80. The number of nitrogens with one attached hydrogen (secondary N) is 1. The smallest absolute Gasteiger partial charge is 0.328 e. The van der Waals surface area contributed by atoms with Gasteiger partial charge in [-0.15, -0.1) is 0 Å². The maximum absolute atomic E-state index is 12.0. The van der Waals surface area contributed by atoms with Crippen molar-refractivity contribution in [1.82, 2.24) is 5.32 Å². The molecule has 19 heavy (non-hydrogen) atoms. The standard InChI is InChI=1S/C13H17F2NO3/c1-16-13(12(17)18,7-8-19-9-11(14)15)10-5-3-2-4-6-10/h2-6,11,16H,7-9H2,1H3,(H,17,18). The fraction of sp³-hybridized carbons (Fsp3) is 0.462. The van der Waals surface area contributed by atoms with Gasteiger partial charge in [0.2, 0.25) is 0 Å². The summed E-state index contributed by atoms with van der Waals surface area (Å²) in [6, 6.07) is 8.59. The van der Waals surface area contributed by atoms with E-state index in [0.29, 0.717) is 5.56 Å². The van der Waals surface area contributed by atoms with Gasteiger partial charge in [-0.05, 0) is 12.6 Å². The number of alkyl halides is 2. The normalized spacial score (nSPS) is 14.3. The molecule has 4 nitrogen and oxygen atoms in total. The number of likely N-dealkylation sites (N-methyl/N-ethyl adjacent to an activating group) is 1. The molecule has 0 saturated heterocycles. The molecule has 0 amide bonds. The Morgan fingerprint density at radius 3 is 2.53 bits per heavy atom. The lowest BCUT2D eigenvalue weighted by Crippen LogP contribution is -2.48. The SMILES string of the molecule is CNC(CCOCC(F)F)(C(=O)O)c1ccccc1. The van der Waals surface area contributed by atoms with E-state index in [1.54, 1.807) is 30.3 Å². The lowest BCUT2D eigenvalue weighted by molar-refractivity contribution is -0.146. The van der Waals surface area contributed by atoms with Gasteiger partial charge in [-0.3, -0.25) is 0 Å². The summed E-state index contributed by atoms with van der Waals surface area (Å²) in [6.07, 6.45) is -2.49. The first-order valence-corrected chi connectivity index (χ1v) is 5.86. The quantitative estimate of drug-likeness (QED) is 0.710. The lowest BCUT2D eigenvalue weighted by atomic mass is 9.87. The van der Waals surface area contributed by atoms with E-state index in [-0.39, 0.29) is 13.0 Å². The lowest BCUT2D eigenvalue weighted by Gasteiger charge is -2.29. The Morgan fingerprint density at radius 1 is 1.42 bits per heavy atom. The summed E-state index contributed by atoms with van der Waals surface area (Å²) in [5.41, 5.74) is -0.769. The molecular weight excluding hydrogens is 256 g/mol. The van der Waals surface area contributed by atoms with E-state index in [2.05, 4.69) is 5.32 Å². The predicted molar refractivity (Wildman–Crippen MR) is 66.3 cm³/mol. The van der Waals surface area contributed by atoms with Crippen LogP contribution in [0.15, 0.2) is 30.3 Å². The monoisotopic (exact) mass is 273 g/mol. The number of aliphatic carboxylic acids is 1. The Kier molecular flexibility index (Phi) is 5.85. The molecule has 0 saturated carbocycles. The topological polar surface area (TPSA) is 58.6 Å². The molecule has 0 spiro atoms. The van der Waals surface area contributed by atoms with Gasteiger partial charge < -0.3 is 15.2 Å². The summed E-state index contributed by atoms with van der Waals surface area (Å²) >= 11 is 0. The van der Waals surface area contributed by atoms with Crippen LogP contribution in [0.4, 0.5) is 8.78 Å². The summed E-state index contributed by atoms with van der Waals surface area (Å²) in [6.45, 7) is -0.749. The minimum Gasteiger partial charge on any atom is -0.480 e. The first-order chi connectivity index (χ1) is 9.03. The van der Waals surface area contributed by atoms with Gasteiger partial charge in [0.25, 0.3) is 6.43 Å². The van der Waals surface area contributed by atoms with Crippen molar-refractivity contribution < 1.29 is 23.4 Å². The number of hydrogen-bond acceptors (Lipinski definition) is 3. The molecule has 1 aromatic carbocycles. The van der Waals surface area contributed by atoms with Crippen molar-refractivity contribution in [1.29, 1.82) is 0 Å². The van der Waals surface area contributed by atoms with Crippen molar-refractivity contribution in [2.75, 3.05) is 20.3 Å². The molecule has 0 radical (unpaired) electrons. The minimum atomic E-state index is -2.55. The van der Waals surface area contributed by atoms with Gasteiger partial charge in [0.1, 0.15) is 12.1 Å². The van der Waals surface area contributed by atoms with Gasteiger partial charge in [0, 0.05) is 13.0 Å². The number of ether oxygens (including phenoxy) is 1. The Labute approximate surface area is 110 Å². The number of rotatable bonds is 8. The number of benzene rings is 1. The molecule has 6 heteroatoms. The zero-order valence-electron chi connectivity index (χ0n) is 10.6. The molecule has 0 fully saturated rings. The summed E-state index contributed by atoms with van der Waals surface area (Å²) in [5, 5.41) is 12.2. The summed E-state index contributed by atoms with van der Waals surface area (Å²) in [5.74, 6) is -1.07. The fourth-order valence-electron chi connectivity index (χ4n) is 1.87. The maximum Gasteiger partial charge on any atom is 0.328 e. The summed E-state index contributed by atoms with van der Waals surface area (Å²) in [4.78, 5) is 11.5. The third-order valence-electron chi connectivity index (χ3n) is 2.92. The minimum absolute atomic E-state index is 0.0631. The van der Waals surface area contributed by atoms with Crippen LogP contribution in [0, 0.1) is 0 Å². The number of carboxylic acids is 1. The highest BCUT2D eigenvalue weighted by molar-refractivity contribution is 5.80. The molecule has 0 aliphatic rings. The van der Waals surface area contributed by atoms with Crippen LogP contribution in [-0.2, 0) is 15.1 Å². The van der Waals surface area contributed by atoms with Crippen LogP contribution in [0.5, 0.6) is 0 Å². The molecular formula is C13H17F2NO3. The van der Waals surface area contributed by atoms with Crippen LogP contribution >= 0.6 is 0 Å². The van der Waals surface area contributed by atoms with Gasteiger partial charge >= 0.3 is 5.97 Å². The van der Waals surface area contributed by atoms with Gasteiger partial charge in [-0.2, -0.15) is 0 Å². The van der Waals surface area contributed by atoms with Crippen LogP contribution in [0.25, 0.3) is 0 Å². The molecule has 0 heterocycles. The first-order valence-electron chi connectivity index (χ1n) is 5.86. The largest absolute Gasteiger partial charge is 0.480 e. The Morgan fingerprint density at radius 2 is 2.05 bits per heavy atom. The van der Waals surface area contributed by atoms with Crippen LogP contribution in [0.2, 0.25) is 0 Å². The van der Waals surface area contributed by atoms with Gasteiger partial charge in [-0.1, -0.05) is 30.3 Å². The molecule has 1 unspecified atom stereocenters. The molecule has 2 N–H and O–H groups in total. The van der Waals surface area contributed by atoms with Crippen molar-refractivity contribution in [3.63, 3.8) is 0 Å². The fourth-order valence-corrected chi connectivity index (χ4v) is 1.87. The molecule has 1 rings (SSSR count). The first kappa shape index (κ1) is 15.5. The van der Waals surface area contributed by atoms with Crippen molar-refractivity contribution in [3.05, 3.63) is 35.9 Å². The van der Waals surface area contributed by atoms with Gasteiger partial charge in [0.05, 0.1) is 0 Å². The third kappa shape index (κ3) is 3.97. The number of carboxylic acid groups (broad SMARTS) is 1. The molecule has 1 aromatic rings. The number of hydrogen-bond donors (Lipinski definition) is 2. The molecule has 0 aliphatic heterocycles. The molecule has 1 atom stereocenters. The molecule has 0 aliphatic carbocycles. The zero-order valence-corrected chi connectivity index (χ0v) is 10.6. The number of carbonyl (C=O) groups is 1. The van der Waals surface area contributed by atoms with E-state index in [1.807, 2.05) is 0 Å². The van der Waals surface area contributed by atoms with E-state index in [0.717, 1.165) is 0 Å². The summed E-state index contributed by atoms with van der Waals surface area (Å²) < 4.78 is 28.7. The zero-order chi connectivity index (χ0) is 14.3. The van der Waals surface area contributed by atoms with Crippen molar-refractivity contribution in [3.8, 4) is 0 Å². The Hall–Kier alpha value is -1.53. The van der Waals surface area contributed by atoms with Crippen LogP contribution in [0.3, 0.4) is 0 Å². The second-order valence-corrected chi connectivity index (χ2v) is 4.04. The van der Waals surface area contributed by atoms with E-state index >= 15 is 0 Å². The summed E-state index contributed by atoms with van der Waals surface area (Å²) in [7, 11) is 1.52. The highest BCUT2D eigenvalue weighted by Gasteiger charge is 2.38. The second kappa shape index (κ2) is 7.16. The van der Waals surface area contributed by atoms with Gasteiger partial charge in [0.15, 0.2) is 0 Å². The van der Waals surface area contributed by atoms with E-state index in [4.69, 9.17) is 4.74 Å². The van der Waals surface area contributed by atoms with Crippen LogP contribution < -0.4 is 5.32 Å². The second-order valence-electron chi connectivity index (χ2n) is 4.04. The molecule has 106 valence electrons. The molecule has 0 bridgehead atoms. The average Bonchev–Trinajstić information content (AvgIpc) is 2.39. The van der Waals surface area contributed by atoms with Crippen molar-refractivity contribution in [2.45, 2.75) is 18.4 Å². The maximum atomic E-state index is 12.0. The van der Waals surface area contributed by atoms with Crippen LogP contribution in [0.1, 0.15) is 12.0 Å². The van der Waals surface area contributed by atoms with Crippen LogP contribution in [-0.4, -0.2) is 37.8 Å². The van der Waals surface area contributed by atoms with E-state index in [9.17, 15) is 18.7 Å². The van der Waals surface area contributed by atoms with E-state index in [1.165, 1.54) is 7.05 Å². The Bertz CT molecular complexity index is 400. The van der Waals surface area contributed by atoms with E-state index < -0.39 is 24.5 Å². The third-order valence-corrected chi connectivity index (χ3v) is 2.92. The van der Waals surface area contributed by atoms with Crippen molar-refractivity contribution >= 4 is 5.97 Å². The van der Waals surface area contributed by atoms with Crippen molar-refractivity contribution in [2.24, 2.45) is 0 Å². The average molecular weight is 273 g/mol. The highest BCUT2D eigenvalue weighted by Crippen LogP contribution is 2.25. The molecule has 0 aromatic heterocycles. The predicted octanol–water partition coefficient (Wildman–Crippen LogP) is 1.86. The highest BCUT2D eigenvalue weighted by atomic mass is 19.3. The number of halogens is 2. The van der Waals surface area contributed by atoms with Gasteiger partial charge in [-0.25, -0.2) is 13.6 Å².